The van der Waals surface area contributed by atoms with Crippen molar-refractivity contribution in [2.24, 2.45) is 0 Å². The molecule has 9 nitrogen and oxygen atoms in total. The van der Waals surface area contributed by atoms with Crippen LogP contribution in [0.5, 0.6) is 0 Å². The van der Waals surface area contributed by atoms with Crippen molar-refractivity contribution in [1.29, 1.82) is 0 Å². The molecule has 0 radical (unpaired) electrons. The lowest BCUT2D eigenvalue weighted by molar-refractivity contribution is -0.129. The molecule has 0 spiro atoms. The van der Waals surface area contributed by atoms with E-state index in [-0.39, 0.29) is 11.8 Å². The SMILES string of the molecule is C=C(C(=O)Nc1cccc(Nc2nc(Nc3ccc(N4CCN(C(C)=O)CC4)cc3)ncc2Cl)c1)c1ccccc1. The fourth-order valence-electron chi connectivity index (χ4n) is 4.47. The number of rotatable bonds is 8. The maximum atomic E-state index is 12.7. The van der Waals surface area contributed by atoms with Crippen molar-refractivity contribution >= 4 is 63.5 Å². The number of amides is 2. The summed E-state index contributed by atoms with van der Waals surface area (Å²) in [6.07, 6.45) is 1.53. The zero-order valence-electron chi connectivity index (χ0n) is 22.6. The molecule has 5 rings (SSSR count). The highest BCUT2D eigenvalue weighted by Crippen LogP contribution is 2.27. The second-order valence-electron chi connectivity index (χ2n) is 9.56. The second-order valence-corrected chi connectivity index (χ2v) is 9.97. The molecule has 0 aliphatic carbocycles. The van der Waals surface area contributed by atoms with E-state index in [4.69, 9.17) is 11.6 Å². The van der Waals surface area contributed by atoms with Gasteiger partial charge in [0.2, 0.25) is 11.9 Å². The molecule has 0 atom stereocenters. The first kappa shape index (κ1) is 27.7. The van der Waals surface area contributed by atoms with E-state index in [1.54, 1.807) is 19.1 Å². The maximum Gasteiger partial charge on any atom is 0.255 e. The second kappa shape index (κ2) is 12.5. The van der Waals surface area contributed by atoms with Gasteiger partial charge in [0.15, 0.2) is 5.82 Å². The van der Waals surface area contributed by atoms with Crippen LogP contribution in [0.25, 0.3) is 5.57 Å². The van der Waals surface area contributed by atoms with Crippen LogP contribution in [-0.2, 0) is 9.59 Å². The molecule has 0 saturated carbocycles. The number of nitrogens with zero attached hydrogens (tertiary/aromatic N) is 4. The van der Waals surface area contributed by atoms with Gasteiger partial charge in [0, 0.05) is 61.4 Å². The lowest BCUT2D eigenvalue weighted by atomic mass is 10.1. The van der Waals surface area contributed by atoms with Gasteiger partial charge < -0.3 is 25.8 Å². The Morgan fingerprint density at radius 2 is 1.56 bits per heavy atom. The molecule has 1 aliphatic heterocycles. The molecule has 0 bridgehead atoms. The summed E-state index contributed by atoms with van der Waals surface area (Å²) in [5.74, 6) is 0.625. The predicted molar refractivity (Wildman–Crippen MR) is 165 cm³/mol. The number of piperazine rings is 1. The lowest BCUT2D eigenvalue weighted by Gasteiger charge is -2.35. The maximum absolute atomic E-state index is 12.7. The van der Waals surface area contributed by atoms with Crippen molar-refractivity contribution in [3.05, 3.63) is 102 Å². The van der Waals surface area contributed by atoms with Crippen LogP contribution in [0, 0.1) is 0 Å². The van der Waals surface area contributed by atoms with Gasteiger partial charge in [-0.1, -0.05) is 54.6 Å². The van der Waals surface area contributed by atoms with Crippen molar-refractivity contribution in [3.8, 4) is 0 Å². The number of carbonyl (C=O) groups is 2. The van der Waals surface area contributed by atoms with Crippen molar-refractivity contribution < 1.29 is 9.59 Å². The van der Waals surface area contributed by atoms with Gasteiger partial charge in [-0.2, -0.15) is 4.98 Å². The smallest absolute Gasteiger partial charge is 0.255 e. The minimum atomic E-state index is -0.288. The van der Waals surface area contributed by atoms with Gasteiger partial charge >= 0.3 is 0 Å². The fourth-order valence-corrected chi connectivity index (χ4v) is 4.61. The van der Waals surface area contributed by atoms with Crippen LogP contribution in [0.4, 0.5) is 34.5 Å². The van der Waals surface area contributed by atoms with Crippen molar-refractivity contribution in [3.63, 3.8) is 0 Å². The molecule has 3 N–H and O–H groups in total. The van der Waals surface area contributed by atoms with Crippen molar-refractivity contribution in [1.82, 2.24) is 14.9 Å². The highest BCUT2D eigenvalue weighted by Gasteiger charge is 2.19. The Bertz CT molecular complexity index is 1550. The van der Waals surface area contributed by atoms with Gasteiger partial charge in [0.1, 0.15) is 5.02 Å². The predicted octanol–water partition coefficient (Wildman–Crippen LogP) is 5.94. The van der Waals surface area contributed by atoms with Crippen LogP contribution in [0.15, 0.2) is 91.6 Å². The van der Waals surface area contributed by atoms with Gasteiger partial charge in [0.05, 0.1) is 6.20 Å². The molecule has 208 valence electrons. The number of carbonyl (C=O) groups excluding carboxylic acids is 2. The van der Waals surface area contributed by atoms with Gasteiger partial charge in [-0.25, -0.2) is 4.98 Å². The summed E-state index contributed by atoms with van der Waals surface area (Å²) in [5.41, 5.74) is 4.35. The third-order valence-electron chi connectivity index (χ3n) is 6.74. The Labute approximate surface area is 243 Å². The molecule has 1 aromatic heterocycles. The van der Waals surface area contributed by atoms with Gasteiger partial charge in [0.25, 0.3) is 5.91 Å². The quantitative estimate of drug-likeness (QED) is 0.226. The Hall–Kier alpha value is -4.89. The highest BCUT2D eigenvalue weighted by atomic mass is 35.5. The summed E-state index contributed by atoms with van der Waals surface area (Å²) in [6.45, 7) is 8.58. The summed E-state index contributed by atoms with van der Waals surface area (Å²) < 4.78 is 0. The number of anilines is 6. The summed E-state index contributed by atoms with van der Waals surface area (Å²) in [5, 5.41) is 9.65. The first-order chi connectivity index (χ1) is 19.9. The summed E-state index contributed by atoms with van der Waals surface area (Å²) in [6, 6.07) is 24.6. The van der Waals surface area contributed by atoms with Crippen LogP contribution < -0.4 is 20.9 Å². The number of benzene rings is 3. The average molecular weight is 568 g/mol. The van der Waals surface area contributed by atoms with Crippen molar-refractivity contribution in [2.45, 2.75) is 6.92 Å². The Morgan fingerprint density at radius 3 is 2.27 bits per heavy atom. The number of halogens is 1. The third kappa shape index (κ3) is 7.01. The van der Waals surface area contributed by atoms with E-state index in [1.165, 1.54) is 6.20 Å². The number of hydrogen-bond donors (Lipinski definition) is 3. The van der Waals surface area contributed by atoms with Crippen LogP contribution in [0.1, 0.15) is 12.5 Å². The van der Waals surface area contributed by atoms with Gasteiger partial charge in [-0.3, -0.25) is 9.59 Å². The third-order valence-corrected chi connectivity index (χ3v) is 7.01. The highest BCUT2D eigenvalue weighted by molar-refractivity contribution is 6.33. The Kier molecular flexibility index (Phi) is 8.45. The van der Waals surface area contributed by atoms with Crippen LogP contribution >= 0.6 is 11.6 Å². The molecular weight excluding hydrogens is 538 g/mol. The molecule has 0 unspecified atom stereocenters. The molecular formula is C31H30ClN7O2. The zero-order chi connectivity index (χ0) is 28.8. The molecule has 2 amide bonds. The lowest BCUT2D eigenvalue weighted by Crippen LogP contribution is -2.48. The molecule has 1 saturated heterocycles. The van der Waals surface area contributed by atoms with Crippen LogP contribution in [-0.4, -0.2) is 52.9 Å². The zero-order valence-corrected chi connectivity index (χ0v) is 23.4. The first-order valence-electron chi connectivity index (χ1n) is 13.2. The van der Waals surface area contributed by atoms with E-state index >= 15 is 0 Å². The molecule has 3 aromatic carbocycles. The fraction of sp³-hybridized carbons (Fsp3) is 0.161. The van der Waals surface area contributed by atoms with E-state index in [0.717, 1.165) is 43.1 Å². The number of nitrogens with one attached hydrogen (secondary N) is 3. The van der Waals surface area contributed by atoms with Crippen molar-refractivity contribution in [2.75, 3.05) is 47.0 Å². The topological polar surface area (TPSA) is 102 Å². The van der Waals surface area contributed by atoms with E-state index in [1.807, 2.05) is 71.6 Å². The molecule has 4 aromatic rings. The first-order valence-corrected chi connectivity index (χ1v) is 13.6. The summed E-state index contributed by atoms with van der Waals surface area (Å²) in [4.78, 5) is 37.3. The van der Waals surface area contributed by atoms with Crippen LogP contribution in [0.3, 0.4) is 0 Å². The average Bonchev–Trinajstić information content (AvgIpc) is 2.99. The minimum Gasteiger partial charge on any atom is -0.368 e. The molecule has 41 heavy (non-hydrogen) atoms. The number of aromatic nitrogens is 2. The van der Waals surface area contributed by atoms with Crippen LogP contribution in [0.2, 0.25) is 5.02 Å². The minimum absolute atomic E-state index is 0.116. The molecule has 1 aliphatic rings. The monoisotopic (exact) mass is 567 g/mol. The van der Waals surface area contributed by atoms with Gasteiger partial charge in [-0.15, -0.1) is 0 Å². The molecule has 10 heteroatoms. The Balaban J connectivity index is 1.22. The molecule has 2 heterocycles. The normalized spacial score (nSPS) is 12.9. The summed E-state index contributed by atoms with van der Waals surface area (Å²) >= 11 is 6.39. The molecule has 1 fully saturated rings. The standard InChI is InChI=1S/C31H30ClN7O2/c1-21(23-7-4-3-5-8-23)30(41)35-26-10-6-9-25(19-26)34-29-28(32)20-33-31(37-29)36-24-11-13-27(14-12-24)39-17-15-38(16-18-39)22(2)40/h3-14,19-20H,1,15-18H2,2H3,(H,35,41)(H2,33,34,36,37). The Morgan fingerprint density at radius 1 is 0.854 bits per heavy atom. The van der Waals surface area contributed by atoms with E-state index < -0.39 is 0 Å². The van der Waals surface area contributed by atoms with E-state index in [9.17, 15) is 9.59 Å². The van der Waals surface area contributed by atoms with Gasteiger partial charge in [-0.05, 0) is 48.0 Å². The largest absolute Gasteiger partial charge is 0.368 e. The number of hydrogen-bond acceptors (Lipinski definition) is 7. The van der Waals surface area contributed by atoms with E-state index in [2.05, 4.69) is 37.4 Å². The van der Waals surface area contributed by atoms with E-state index in [0.29, 0.717) is 33.7 Å². The summed E-state index contributed by atoms with van der Waals surface area (Å²) in [7, 11) is 0.